The lowest BCUT2D eigenvalue weighted by atomic mass is 9.94. The summed E-state index contributed by atoms with van der Waals surface area (Å²) in [6.07, 6.45) is -7.45. The maximum Gasteiger partial charge on any atom is 0.331 e. The molecule has 6 atom stereocenters. The van der Waals surface area contributed by atoms with Gasteiger partial charge in [0.25, 0.3) is 0 Å². The van der Waals surface area contributed by atoms with Gasteiger partial charge in [-0.05, 0) is 42.0 Å². The van der Waals surface area contributed by atoms with Crippen molar-refractivity contribution in [1.82, 2.24) is 0 Å². The Hall–Kier alpha value is -5.42. The van der Waals surface area contributed by atoms with E-state index < -0.39 is 66.7 Å². The second-order valence-electron chi connectivity index (χ2n) is 10.9. The third-order valence-corrected chi connectivity index (χ3v) is 7.90. The molecule has 0 amide bonds. The molecule has 0 unspecified atom stereocenters. The quantitative estimate of drug-likeness (QED) is 0.119. The van der Waals surface area contributed by atoms with Crippen molar-refractivity contribution in [3.63, 3.8) is 0 Å². The molecule has 1 saturated heterocycles. The monoisotopic (exact) mass is 686 g/mol. The van der Waals surface area contributed by atoms with E-state index in [1.54, 1.807) is 0 Å². The number of esters is 1. The zero-order chi connectivity index (χ0) is 35.6. The van der Waals surface area contributed by atoms with Gasteiger partial charge in [-0.1, -0.05) is 0 Å². The van der Waals surface area contributed by atoms with E-state index in [1.165, 1.54) is 57.7 Å². The van der Waals surface area contributed by atoms with Crippen molar-refractivity contribution in [2.24, 2.45) is 0 Å². The number of carbonyl (C=O) groups excluding carboxylic acids is 2. The molecule has 0 aliphatic carbocycles. The number of rotatable bonds is 10. The van der Waals surface area contributed by atoms with Crippen LogP contribution in [-0.2, 0) is 14.3 Å². The van der Waals surface area contributed by atoms with Gasteiger partial charge in [0.15, 0.2) is 34.9 Å². The van der Waals surface area contributed by atoms with Gasteiger partial charge in [-0.3, -0.25) is 4.79 Å². The summed E-state index contributed by atoms with van der Waals surface area (Å²) < 4.78 is 38.3. The Kier molecular flexibility index (Phi) is 10.2. The number of methoxy groups -OCH3 is 3. The van der Waals surface area contributed by atoms with Crippen molar-refractivity contribution in [3.05, 3.63) is 59.2 Å². The summed E-state index contributed by atoms with van der Waals surface area (Å²) in [5.74, 6) is -3.66. The molecule has 2 aliphatic rings. The lowest BCUT2D eigenvalue weighted by molar-refractivity contribution is -0.281. The second kappa shape index (κ2) is 14.4. The summed E-state index contributed by atoms with van der Waals surface area (Å²) in [6, 6.07) is 7.68. The fraction of sp³-hybridized carbons (Fsp3) is 0.333. The van der Waals surface area contributed by atoms with Crippen molar-refractivity contribution < 1.29 is 78.5 Å². The number of fused-ring (bicyclic) bond motifs is 1. The SMILES string of the molecule is COc1cc(C=CC(=O)O[C@@H]2[C@H](Oc3ccc(O)cc3[C@H]3CC(=O)c4c(cc(O)c(OC)c4O)O3)O[C@H](CO)[C@H](O)[C@H]2O)cc(OC)c1O. The van der Waals surface area contributed by atoms with Crippen LogP contribution in [0.3, 0.4) is 0 Å². The lowest BCUT2D eigenvalue weighted by Gasteiger charge is -2.41. The average Bonchev–Trinajstić information content (AvgIpc) is 3.07. The first-order valence-electron chi connectivity index (χ1n) is 14.7. The summed E-state index contributed by atoms with van der Waals surface area (Å²) in [4.78, 5) is 26.1. The standard InChI is InChI=1S/C33H34O16/c1-43-22-8-14(9-23(44-2)27(22)39)4-7-25(38)49-32-30(42)28(40)24(13-34)48-33(32)47-19-6-5-15(35)10-16(19)20-11-17(36)26-21(46-20)12-18(37)31(45-3)29(26)41/h4-10,12,20,24,28,30,32-35,37,39-42H,11,13H2,1-3H3/t20-,24-,28+,30-,32+,33-/m1/s1. The van der Waals surface area contributed by atoms with Crippen LogP contribution in [0.5, 0.6) is 51.7 Å². The minimum absolute atomic E-state index is 0.0697. The van der Waals surface area contributed by atoms with Crippen LogP contribution in [0.1, 0.15) is 34.0 Å². The smallest absolute Gasteiger partial charge is 0.331 e. The first-order valence-corrected chi connectivity index (χ1v) is 14.7. The molecule has 0 aromatic heterocycles. The topological polar surface area (TPSA) is 240 Å². The number of ether oxygens (including phenoxy) is 7. The highest BCUT2D eigenvalue weighted by Gasteiger charge is 2.48. The number of aromatic hydroxyl groups is 4. The normalized spacial score (nSPS) is 23.3. The Morgan fingerprint density at radius 1 is 0.918 bits per heavy atom. The van der Waals surface area contributed by atoms with E-state index in [0.29, 0.717) is 5.56 Å². The molecule has 0 spiro atoms. The molecule has 3 aromatic rings. The van der Waals surface area contributed by atoms with Crippen LogP contribution in [0.15, 0.2) is 42.5 Å². The van der Waals surface area contributed by atoms with E-state index in [2.05, 4.69) is 0 Å². The molecular formula is C33H34O16. The van der Waals surface area contributed by atoms with E-state index in [1.807, 2.05) is 0 Å². The predicted octanol–water partition coefficient (Wildman–Crippen LogP) is 1.68. The molecule has 2 aliphatic heterocycles. The lowest BCUT2D eigenvalue weighted by Crippen LogP contribution is -2.61. The first kappa shape index (κ1) is 34.9. The summed E-state index contributed by atoms with van der Waals surface area (Å²) in [5, 5.41) is 72.5. The Bertz CT molecular complexity index is 1730. The number of benzene rings is 3. The van der Waals surface area contributed by atoms with Crippen molar-refractivity contribution in [1.29, 1.82) is 0 Å². The fourth-order valence-electron chi connectivity index (χ4n) is 5.46. The summed E-state index contributed by atoms with van der Waals surface area (Å²) in [5.41, 5.74) is 0.226. The van der Waals surface area contributed by atoms with Gasteiger partial charge in [0.2, 0.25) is 17.8 Å². The van der Waals surface area contributed by atoms with Crippen molar-refractivity contribution in [2.45, 2.75) is 43.2 Å². The van der Waals surface area contributed by atoms with Crippen molar-refractivity contribution in [3.8, 4) is 51.7 Å². The average molecular weight is 687 g/mol. The van der Waals surface area contributed by atoms with Crippen LogP contribution >= 0.6 is 0 Å². The van der Waals surface area contributed by atoms with Gasteiger partial charge in [-0.2, -0.15) is 0 Å². The van der Waals surface area contributed by atoms with Gasteiger partial charge in [0, 0.05) is 17.7 Å². The van der Waals surface area contributed by atoms with Gasteiger partial charge in [-0.15, -0.1) is 0 Å². The Balaban J connectivity index is 1.43. The maximum absolute atomic E-state index is 13.2. The predicted molar refractivity (Wildman–Crippen MR) is 165 cm³/mol. The molecule has 2 heterocycles. The number of aliphatic hydroxyl groups is 3. The molecule has 49 heavy (non-hydrogen) atoms. The van der Waals surface area contributed by atoms with Crippen LogP contribution in [0.4, 0.5) is 0 Å². The largest absolute Gasteiger partial charge is 0.508 e. The second-order valence-corrected chi connectivity index (χ2v) is 10.9. The maximum atomic E-state index is 13.2. The van der Waals surface area contributed by atoms with E-state index in [-0.39, 0.29) is 57.8 Å². The molecule has 0 saturated carbocycles. The van der Waals surface area contributed by atoms with Crippen LogP contribution in [0, 0.1) is 0 Å². The third-order valence-electron chi connectivity index (χ3n) is 7.90. The summed E-state index contributed by atoms with van der Waals surface area (Å²) >= 11 is 0. The van der Waals surface area contributed by atoms with Crippen LogP contribution in [0.25, 0.3) is 6.08 Å². The molecule has 16 heteroatoms. The van der Waals surface area contributed by atoms with Crippen LogP contribution < -0.4 is 23.7 Å². The minimum Gasteiger partial charge on any atom is -0.508 e. The molecule has 0 bridgehead atoms. The first-order chi connectivity index (χ1) is 23.4. The van der Waals surface area contributed by atoms with E-state index >= 15 is 0 Å². The Labute approximate surface area is 278 Å². The molecule has 262 valence electrons. The Morgan fingerprint density at radius 2 is 1.61 bits per heavy atom. The third kappa shape index (κ3) is 6.93. The van der Waals surface area contributed by atoms with Gasteiger partial charge in [0.05, 0.1) is 34.4 Å². The van der Waals surface area contributed by atoms with Gasteiger partial charge in [-0.25, -0.2) is 4.79 Å². The summed E-state index contributed by atoms with van der Waals surface area (Å²) in [6.45, 7) is -0.751. The fourth-order valence-corrected chi connectivity index (χ4v) is 5.46. The molecule has 5 rings (SSSR count). The highest BCUT2D eigenvalue weighted by molar-refractivity contribution is 6.03. The van der Waals surface area contributed by atoms with E-state index in [4.69, 9.17) is 33.2 Å². The minimum atomic E-state index is -1.82. The molecule has 3 aromatic carbocycles. The zero-order valence-corrected chi connectivity index (χ0v) is 26.3. The molecule has 0 radical (unpaired) electrons. The molecule has 7 N–H and O–H groups in total. The van der Waals surface area contributed by atoms with Gasteiger partial charge in [0.1, 0.15) is 47.2 Å². The zero-order valence-electron chi connectivity index (χ0n) is 26.3. The molecular weight excluding hydrogens is 652 g/mol. The van der Waals surface area contributed by atoms with Gasteiger partial charge < -0.3 is 68.9 Å². The number of carbonyl (C=O) groups is 2. The number of Topliss-reactive ketones (excluding diaryl/α,β-unsaturated/α-hetero) is 1. The molecule has 16 nitrogen and oxygen atoms in total. The van der Waals surface area contributed by atoms with Crippen molar-refractivity contribution >= 4 is 17.8 Å². The number of aliphatic hydroxyl groups excluding tert-OH is 3. The van der Waals surface area contributed by atoms with Crippen LogP contribution in [-0.4, -0.2) is 106 Å². The number of ketones is 1. The number of hydrogen-bond acceptors (Lipinski definition) is 16. The number of phenolic OH excluding ortho intramolecular Hbond substituents is 4. The summed E-state index contributed by atoms with van der Waals surface area (Å²) in [7, 11) is 3.86. The highest BCUT2D eigenvalue weighted by Crippen LogP contribution is 2.49. The van der Waals surface area contributed by atoms with Gasteiger partial charge >= 0.3 is 5.97 Å². The van der Waals surface area contributed by atoms with E-state index in [9.17, 15) is 45.3 Å². The number of phenols is 4. The number of hydrogen-bond donors (Lipinski definition) is 7. The van der Waals surface area contributed by atoms with Crippen LogP contribution in [0.2, 0.25) is 0 Å². The Morgan fingerprint density at radius 3 is 2.24 bits per heavy atom. The molecule has 1 fully saturated rings. The highest BCUT2D eigenvalue weighted by atomic mass is 16.7. The van der Waals surface area contributed by atoms with Crippen molar-refractivity contribution in [2.75, 3.05) is 27.9 Å². The van der Waals surface area contributed by atoms with E-state index in [0.717, 1.165) is 12.1 Å².